The van der Waals surface area contributed by atoms with Crippen molar-refractivity contribution in [2.75, 3.05) is 5.32 Å². The lowest BCUT2D eigenvalue weighted by Gasteiger charge is -2.09. The summed E-state index contributed by atoms with van der Waals surface area (Å²) >= 11 is 9.96. The Kier molecular flexibility index (Phi) is 3.72. The van der Waals surface area contributed by atoms with Crippen molar-refractivity contribution in [2.24, 2.45) is 0 Å². The maximum absolute atomic E-state index is 6.41. The van der Waals surface area contributed by atoms with Crippen molar-refractivity contribution in [3.63, 3.8) is 0 Å². The fraction of sp³-hybridized carbons (Fsp3) is 0.125. The van der Waals surface area contributed by atoms with E-state index in [4.69, 9.17) is 11.6 Å². The second-order valence-electron chi connectivity index (χ2n) is 4.80. The molecule has 3 aromatic rings. The van der Waals surface area contributed by atoms with E-state index in [0.717, 1.165) is 31.8 Å². The van der Waals surface area contributed by atoms with Gasteiger partial charge in [-0.15, -0.1) is 0 Å². The number of benzene rings is 2. The van der Waals surface area contributed by atoms with Crippen LogP contribution in [0.5, 0.6) is 0 Å². The standard InChI is InChI=1S/C16H14BrClN2/c1-10-6-7-12(17)14(8-10)19-9-15-16(18)11-4-2-3-5-13(11)20-15/h2-8,19-20H,9H2,1H3. The first-order valence-electron chi connectivity index (χ1n) is 6.40. The summed E-state index contributed by atoms with van der Waals surface area (Å²) in [5.74, 6) is 0. The number of nitrogens with one attached hydrogen (secondary N) is 2. The minimum Gasteiger partial charge on any atom is -0.378 e. The zero-order valence-corrected chi connectivity index (χ0v) is 13.3. The van der Waals surface area contributed by atoms with E-state index in [1.807, 2.05) is 30.3 Å². The summed E-state index contributed by atoms with van der Waals surface area (Å²) in [6.45, 7) is 2.74. The number of aryl methyl sites for hydroxylation is 1. The zero-order chi connectivity index (χ0) is 14.1. The Morgan fingerprint density at radius 1 is 1.20 bits per heavy atom. The molecular weight excluding hydrogens is 336 g/mol. The molecule has 0 unspecified atom stereocenters. The van der Waals surface area contributed by atoms with E-state index in [1.54, 1.807) is 0 Å². The lowest BCUT2D eigenvalue weighted by molar-refractivity contribution is 1.08. The van der Waals surface area contributed by atoms with Gasteiger partial charge in [0, 0.05) is 21.1 Å². The molecule has 4 heteroatoms. The van der Waals surface area contributed by atoms with Crippen LogP contribution in [-0.2, 0) is 6.54 Å². The molecule has 0 amide bonds. The van der Waals surface area contributed by atoms with E-state index in [-0.39, 0.29) is 0 Å². The van der Waals surface area contributed by atoms with Crippen molar-refractivity contribution in [1.29, 1.82) is 0 Å². The van der Waals surface area contributed by atoms with E-state index in [0.29, 0.717) is 6.54 Å². The van der Waals surface area contributed by atoms with Gasteiger partial charge in [-0.2, -0.15) is 0 Å². The van der Waals surface area contributed by atoms with E-state index < -0.39 is 0 Å². The van der Waals surface area contributed by atoms with Gasteiger partial charge in [0.1, 0.15) is 0 Å². The lowest BCUT2D eigenvalue weighted by Crippen LogP contribution is -2.01. The molecule has 0 aliphatic carbocycles. The largest absolute Gasteiger partial charge is 0.378 e. The van der Waals surface area contributed by atoms with Crippen LogP contribution in [0.3, 0.4) is 0 Å². The Balaban J connectivity index is 1.87. The van der Waals surface area contributed by atoms with Gasteiger partial charge in [-0.1, -0.05) is 35.9 Å². The summed E-state index contributed by atoms with van der Waals surface area (Å²) in [6, 6.07) is 14.3. The van der Waals surface area contributed by atoms with Crippen molar-refractivity contribution < 1.29 is 0 Å². The maximum Gasteiger partial charge on any atom is 0.0710 e. The average Bonchev–Trinajstić information content (AvgIpc) is 2.77. The Bertz CT molecular complexity index is 764. The number of anilines is 1. The molecule has 0 aliphatic rings. The summed E-state index contributed by atoms with van der Waals surface area (Å²) in [5, 5.41) is 5.26. The summed E-state index contributed by atoms with van der Waals surface area (Å²) < 4.78 is 1.05. The van der Waals surface area contributed by atoms with Gasteiger partial charge in [0.15, 0.2) is 0 Å². The molecule has 2 nitrogen and oxygen atoms in total. The predicted molar refractivity (Wildman–Crippen MR) is 89.5 cm³/mol. The Morgan fingerprint density at radius 3 is 2.80 bits per heavy atom. The van der Waals surface area contributed by atoms with Crippen LogP contribution in [0.2, 0.25) is 5.02 Å². The van der Waals surface area contributed by atoms with Crippen LogP contribution < -0.4 is 5.32 Å². The number of aromatic nitrogens is 1. The highest BCUT2D eigenvalue weighted by Gasteiger charge is 2.09. The third-order valence-corrected chi connectivity index (χ3v) is 4.41. The number of para-hydroxylation sites is 1. The molecule has 0 aliphatic heterocycles. The molecule has 20 heavy (non-hydrogen) atoms. The summed E-state index contributed by atoms with van der Waals surface area (Å²) in [6.07, 6.45) is 0. The van der Waals surface area contributed by atoms with Gasteiger partial charge in [-0.05, 0) is 46.6 Å². The second-order valence-corrected chi connectivity index (χ2v) is 6.03. The molecule has 1 heterocycles. The molecular formula is C16H14BrClN2. The molecule has 0 bridgehead atoms. The number of H-pyrrole nitrogens is 1. The van der Waals surface area contributed by atoms with Crippen molar-refractivity contribution in [1.82, 2.24) is 4.98 Å². The molecule has 3 rings (SSSR count). The number of hydrogen-bond acceptors (Lipinski definition) is 1. The van der Waals surface area contributed by atoms with Crippen LogP contribution in [0.15, 0.2) is 46.9 Å². The molecule has 2 aromatic carbocycles. The summed E-state index contributed by atoms with van der Waals surface area (Å²) in [7, 11) is 0. The number of halogens is 2. The van der Waals surface area contributed by atoms with Crippen molar-refractivity contribution in [3.8, 4) is 0 Å². The van der Waals surface area contributed by atoms with Gasteiger partial charge in [0.2, 0.25) is 0 Å². The smallest absolute Gasteiger partial charge is 0.0710 e. The molecule has 2 N–H and O–H groups in total. The van der Waals surface area contributed by atoms with Crippen LogP contribution in [-0.4, -0.2) is 4.98 Å². The molecule has 1 aromatic heterocycles. The van der Waals surface area contributed by atoms with Crippen molar-refractivity contribution in [3.05, 3.63) is 63.2 Å². The molecule has 0 atom stereocenters. The summed E-state index contributed by atoms with van der Waals surface area (Å²) in [5.41, 5.74) is 4.36. The monoisotopic (exact) mass is 348 g/mol. The fourth-order valence-electron chi connectivity index (χ4n) is 2.24. The highest BCUT2D eigenvalue weighted by Crippen LogP contribution is 2.29. The molecule has 0 radical (unpaired) electrons. The van der Waals surface area contributed by atoms with Crippen LogP contribution in [0.1, 0.15) is 11.3 Å². The quantitative estimate of drug-likeness (QED) is 0.641. The lowest BCUT2D eigenvalue weighted by atomic mass is 10.2. The van der Waals surface area contributed by atoms with Crippen LogP contribution in [0.25, 0.3) is 10.9 Å². The SMILES string of the molecule is Cc1ccc(Br)c(NCc2[nH]c3ccccc3c2Cl)c1. The molecule has 0 saturated heterocycles. The molecule has 0 saturated carbocycles. The van der Waals surface area contributed by atoms with E-state index in [1.165, 1.54) is 5.56 Å². The minimum absolute atomic E-state index is 0.662. The van der Waals surface area contributed by atoms with E-state index in [9.17, 15) is 0 Å². The predicted octanol–water partition coefficient (Wildman–Crippen LogP) is 5.50. The number of rotatable bonds is 3. The van der Waals surface area contributed by atoms with E-state index >= 15 is 0 Å². The topological polar surface area (TPSA) is 27.8 Å². The second kappa shape index (κ2) is 5.51. The van der Waals surface area contributed by atoms with Gasteiger partial charge in [0.05, 0.1) is 17.3 Å². The highest BCUT2D eigenvalue weighted by molar-refractivity contribution is 9.10. The minimum atomic E-state index is 0.662. The van der Waals surface area contributed by atoms with Gasteiger partial charge < -0.3 is 10.3 Å². The number of aromatic amines is 1. The van der Waals surface area contributed by atoms with Crippen LogP contribution in [0.4, 0.5) is 5.69 Å². The highest BCUT2D eigenvalue weighted by atomic mass is 79.9. The maximum atomic E-state index is 6.41. The van der Waals surface area contributed by atoms with Crippen LogP contribution >= 0.6 is 27.5 Å². The fourth-order valence-corrected chi connectivity index (χ4v) is 2.91. The molecule has 0 spiro atoms. The van der Waals surface area contributed by atoms with Gasteiger partial charge in [0.25, 0.3) is 0 Å². The van der Waals surface area contributed by atoms with Gasteiger partial charge in [-0.3, -0.25) is 0 Å². The number of hydrogen-bond donors (Lipinski definition) is 2. The molecule has 0 fully saturated rings. The van der Waals surface area contributed by atoms with E-state index in [2.05, 4.69) is 45.3 Å². The third-order valence-electron chi connectivity index (χ3n) is 3.29. The Labute approximate surface area is 131 Å². The third kappa shape index (κ3) is 2.56. The van der Waals surface area contributed by atoms with Crippen molar-refractivity contribution >= 4 is 44.1 Å². The normalized spacial score (nSPS) is 10.9. The van der Waals surface area contributed by atoms with Gasteiger partial charge in [-0.25, -0.2) is 0 Å². The first kappa shape index (κ1) is 13.5. The first-order valence-corrected chi connectivity index (χ1v) is 7.57. The van der Waals surface area contributed by atoms with Crippen LogP contribution in [0, 0.1) is 6.92 Å². The van der Waals surface area contributed by atoms with Gasteiger partial charge >= 0.3 is 0 Å². The first-order chi connectivity index (χ1) is 9.65. The van der Waals surface area contributed by atoms with Crippen molar-refractivity contribution in [2.45, 2.75) is 13.5 Å². The average molecular weight is 350 g/mol. The zero-order valence-electron chi connectivity index (χ0n) is 11.0. The number of fused-ring (bicyclic) bond motifs is 1. The molecule has 102 valence electrons. The Hall–Kier alpha value is -1.45. The Morgan fingerprint density at radius 2 is 2.00 bits per heavy atom. The summed E-state index contributed by atoms with van der Waals surface area (Å²) in [4.78, 5) is 3.36.